The normalized spacial score (nSPS) is 20.6. The molecule has 31 heavy (non-hydrogen) atoms. The van der Waals surface area contributed by atoms with Gasteiger partial charge in [0.2, 0.25) is 0 Å². The molecular formula is C24H24Cl2N2O2S. The number of hydrogen-bond donors (Lipinski definition) is 2. The Balaban J connectivity index is 1.43. The number of thiophene rings is 1. The van der Waals surface area contributed by atoms with Crippen LogP contribution in [0.15, 0.2) is 34.7 Å². The van der Waals surface area contributed by atoms with Crippen LogP contribution in [0, 0.1) is 11.3 Å². The fourth-order valence-electron chi connectivity index (χ4n) is 4.53. The van der Waals surface area contributed by atoms with Crippen LogP contribution in [-0.2, 0) is 12.8 Å². The molecule has 3 heterocycles. The second kappa shape index (κ2) is 7.58. The van der Waals surface area contributed by atoms with Crippen molar-refractivity contribution in [1.29, 1.82) is 0 Å². The summed E-state index contributed by atoms with van der Waals surface area (Å²) in [4.78, 5) is 14.4. The molecule has 0 fully saturated rings. The van der Waals surface area contributed by atoms with E-state index in [9.17, 15) is 4.79 Å². The van der Waals surface area contributed by atoms with E-state index in [1.165, 1.54) is 10.4 Å². The minimum atomic E-state index is -0.426. The zero-order valence-corrected chi connectivity index (χ0v) is 20.0. The highest BCUT2D eigenvalue weighted by Crippen LogP contribution is 2.46. The standard InChI is InChI=1S/C24H24Cl2N2O2S/c1-24(2,3)12-7-8-14-18(11-12)31-23-19(14)22(29)27-21(28-23)17-10-9-16(30-17)13-5-4-6-15(25)20(13)26/h4-6,9-10,12,21,28H,7-8,11H2,1-3H3,(H,27,29)/t12-,21-/m1/s1. The van der Waals surface area contributed by atoms with Crippen LogP contribution in [0.25, 0.3) is 11.3 Å². The molecule has 2 aromatic heterocycles. The van der Waals surface area contributed by atoms with Gasteiger partial charge in [0.05, 0.1) is 15.6 Å². The summed E-state index contributed by atoms with van der Waals surface area (Å²) in [6, 6.07) is 9.15. The quantitative estimate of drug-likeness (QED) is 0.408. The lowest BCUT2D eigenvalue weighted by Gasteiger charge is -2.34. The summed E-state index contributed by atoms with van der Waals surface area (Å²) in [7, 11) is 0. The summed E-state index contributed by atoms with van der Waals surface area (Å²) in [5.74, 6) is 1.84. The van der Waals surface area contributed by atoms with E-state index < -0.39 is 6.17 Å². The summed E-state index contributed by atoms with van der Waals surface area (Å²) in [6.07, 6.45) is 2.69. The summed E-state index contributed by atoms with van der Waals surface area (Å²) in [5.41, 5.74) is 3.03. The van der Waals surface area contributed by atoms with Crippen molar-refractivity contribution in [3.8, 4) is 11.3 Å². The van der Waals surface area contributed by atoms with Crippen molar-refractivity contribution >= 4 is 45.4 Å². The zero-order chi connectivity index (χ0) is 21.9. The van der Waals surface area contributed by atoms with Gasteiger partial charge in [0.1, 0.15) is 16.5 Å². The lowest BCUT2D eigenvalue weighted by atomic mass is 9.72. The molecule has 0 radical (unpaired) electrons. The van der Waals surface area contributed by atoms with Gasteiger partial charge >= 0.3 is 0 Å². The van der Waals surface area contributed by atoms with Crippen LogP contribution >= 0.6 is 34.5 Å². The molecule has 0 saturated heterocycles. The molecule has 2 aliphatic rings. The van der Waals surface area contributed by atoms with E-state index in [0.29, 0.717) is 27.5 Å². The Hall–Kier alpha value is -1.95. The fraction of sp³-hybridized carbons (Fsp3) is 0.375. The maximum atomic E-state index is 13.0. The first-order valence-electron chi connectivity index (χ1n) is 10.5. The molecule has 7 heteroatoms. The van der Waals surface area contributed by atoms with E-state index in [-0.39, 0.29) is 11.3 Å². The molecule has 0 spiro atoms. The monoisotopic (exact) mass is 474 g/mol. The molecule has 5 rings (SSSR count). The number of halogens is 2. The van der Waals surface area contributed by atoms with E-state index in [1.807, 2.05) is 24.3 Å². The molecule has 0 saturated carbocycles. The SMILES string of the molecule is CC(C)(C)[C@@H]1CCc2c(sc3c2C(=O)N[C@@H](c2ccc(-c4cccc(Cl)c4Cl)o2)N3)C1. The second-order valence-electron chi connectivity index (χ2n) is 9.37. The second-order valence-corrected chi connectivity index (χ2v) is 11.3. The van der Waals surface area contributed by atoms with Crippen molar-refractivity contribution in [1.82, 2.24) is 5.32 Å². The summed E-state index contributed by atoms with van der Waals surface area (Å²) in [6.45, 7) is 6.91. The third-order valence-electron chi connectivity index (χ3n) is 6.40. The average molecular weight is 475 g/mol. The van der Waals surface area contributed by atoms with Gasteiger partial charge in [0, 0.05) is 10.4 Å². The third kappa shape index (κ3) is 3.67. The molecule has 2 atom stereocenters. The number of hydrogen-bond acceptors (Lipinski definition) is 4. The number of carbonyl (C=O) groups is 1. The van der Waals surface area contributed by atoms with Crippen LogP contribution in [0.5, 0.6) is 0 Å². The van der Waals surface area contributed by atoms with E-state index in [4.69, 9.17) is 27.6 Å². The van der Waals surface area contributed by atoms with Gasteiger partial charge in [-0.05, 0) is 60.4 Å². The van der Waals surface area contributed by atoms with Crippen LogP contribution in [0.1, 0.15) is 59.9 Å². The van der Waals surface area contributed by atoms with E-state index in [1.54, 1.807) is 17.4 Å². The van der Waals surface area contributed by atoms with E-state index in [0.717, 1.165) is 35.4 Å². The summed E-state index contributed by atoms with van der Waals surface area (Å²) >= 11 is 14.2. The maximum Gasteiger partial charge on any atom is 0.256 e. The first-order chi connectivity index (χ1) is 14.7. The number of fused-ring (bicyclic) bond motifs is 3. The van der Waals surface area contributed by atoms with Crippen molar-refractivity contribution in [3.05, 3.63) is 62.1 Å². The molecule has 1 aromatic carbocycles. The van der Waals surface area contributed by atoms with Crippen LogP contribution in [0.3, 0.4) is 0 Å². The molecule has 4 nitrogen and oxygen atoms in total. The van der Waals surface area contributed by atoms with Crippen LogP contribution in [0.4, 0.5) is 5.00 Å². The summed E-state index contributed by atoms with van der Waals surface area (Å²) < 4.78 is 6.06. The van der Waals surface area contributed by atoms with Crippen LogP contribution < -0.4 is 10.6 Å². The van der Waals surface area contributed by atoms with E-state index >= 15 is 0 Å². The van der Waals surface area contributed by atoms with Gasteiger partial charge in [-0.1, -0.05) is 50.0 Å². The van der Waals surface area contributed by atoms with Crippen molar-refractivity contribution in [2.24, 2.45) is 11.3 Å². The lowest BCUT2D eigenvalue weighted by Crippen LogP contribution is -2.38. The van der Waals surface area contributed by atoms with Gasteiger partial charge in [-0.25, -0.2) is 0 Å². The molecule has 0 bridgehead atoms. The number of rotatable bonds is 2. The summed E-state index contributed by atoms with van der Waals surface area (Å²) in [5, 5.41) is 8.40. The van der Waals surface area contributed by atoms with Crippen molar-refractivity contribution in [3.63, 3.8) is 0 Å². The lowest BCUT2D eigenvalue weighted by molar-refractivity contribution is 0.0930. The molecule has 3 aromatic rings. The van der Waals surface area contributed by atoms with Crippen LogP contribution in [-0.4, -0.2) is 5.91 Å². The van der Waals surface area contributed by atoms with Gasteiger partial charge in [0.15, 0.2) is 6.17 Å². The third-order valence-corrected chi connectivity index (χ3v) is 8.40. The first kappa shape index (κ1) is 20.9. The Morgan fingerprint density at radius 3 is 2.71 bits per heavy atom. The van der Waals surface area contributed by atoms with Gasteiger partial charge in [-0.15, -0.1) is 11.3 Å². The topological polar surface area (TPSA) is 54.3 Å². The van der Waals surface area contributed by atoms with Gasteiger partial charge in [-0.3, -0.25) is 4.79 Å². The zero-order valence-electron chi connectivity index (χ0n) is 17.6. The smallest absolute Gasteiger partial charge is 0.256 e. The molecule has 162 valence electrons. The fourth-order valence-corrected chi connectivity index (χ4v) is 6.27. The number of amides is 1. The predicted molar refractivity (Wildman–Crippen MR) is 127 cm³/mol. The highest BCUT2D eigenvalue weighted by molar-refractivity contribution is 7.16. The van der Waals surface area contributed by atoms with Crippen LogP contribution in [0.2, 0.25) is 10.0 Å². The van der Waals surface area contributed by atoms with Gasteiger partial charge in [-0.2, -0.15) is 0 Å². The molecule has 0 unspecified atom stereocenters. The minimum absolute atomic E-state index is 0.0378. The van der Waals surface area contributed by atoms with Gasteiger partial charge < -0.3 is 15.1 Å². The molecule has 1 aliphatic carbocycles. The Bertz CT molecular complexity index is 1170. The average Bonchev–Trinajstić information content (AvgIpc) is 3.33. The first-order valence-corrected chi connectivity index (χ1v) is 12.1. The number of nitrogens with one attached hydrogen (secondary N) is 2. The van der Waals surface area contributed by atoms with Gasteiger partial charge in [0.25, 0.3) is 5.91 Å². The molecule has 2 N–H and O–H groups in total. The Morgan fingerprint density at radius 2 is 1.94 bits per heavy atom. The number of benzene rings is 1. The Labute approximate surface area is 195 Å². The van der Waals surface area contributed by atoms with Crippen molar-refractivity contribution in [2.75, 3.05) is 5.32 Å². The maximum absolute atomic E-state index is 13.0. The highest BCUT2D eigenvalue weighted by Gasteiger charge is 2.37. The molecule has 1 amide bonds. The van der Waals surface area contributed by atoms with E-state index in [2.05, 4.69) is 31.4 Å². The number of anilines is 1. The molecule has 1 aliphatic heterocycles. The number of carbonyl (C=O) groups excluding carboxylic acids is 1. The number of furan rings is 1. The predicted octanol–water partition coefficient (Wildman–Crippen LogP) is 7.32. The largest absolute Gasteiger partial charge is 0.457 e. The minimum Gasteiger partial charge on any atom is -0.457 e. The molecular weight excluding hydrogens is 451 g/mol. The highest BCUT2D eigenvalue weighted by atomic mass is 35.5. The Kier molecular flexibility index (Phi) is 5.11. The Morgan fingerprint density at radius 1 is 1.13 bits per heavy atom. The van der Waals surface area contributed by atoms with Crippen molar-refractivity contribution in [2.45, 2.75) is 46.2 Å². The van der Waals surface area contributed by atoms with Crippen molar-refractivity contribution < 1.29 is 9.21 Å².